The van der Waals surface area contributed by atoms with Crippen LogP contribution in [0.2, 0.25) is 0 Å². The molecule has 0 aliphatic carbocycles. The van der Waals surface area contributed by atoms with E-state index in [9.17, 15) is 44.7 Å². The molecule has 0 spiro atoms. The number of aliphatic hydroxyl groups is 3. The van der Waals surface area contributed by atoms with Gasteiger partial charge in [0, 0.05) is 36.2 Å². The van der Waals surface area contributed by atoms with E-state index in [1.807, 2.05) is 38.1 Å². The van der Waals surface area contributed by atoms with Crippen LogP contribution in [-0.2, 0) is 23.9 Å². The summed E-state index contributed by atoms with van der Waals surface area (Å²) in [6.45, 7) is 6.52. The van der Waals surface area contributed by atoms with Crippen molar-refractivity contribution in [2.45, 2.75) is 82.9 Å². The van der Waals surface area contributed by atoms with Crippen molar-refractivity contribution in [1.29, 1.82) is 0 Å². The highest BCUT2D eigenvalue weighted by molar-refractivity contribution is 5.98. The molecule has 3 aromatic carbocycles. The van der Waals surface area contributed by atoms with Gasteiger partial charge >= 0.3 is 11.9 Å². The standard InChI is InChI=1S/C46H49N3O14/c1-24(2)16-36(52)46(58)41(54)35(23-60-44(57)38(43(55)56)47-13-5-15-50)62-45(42(46)63-49-21-28-12-14-48-37(28)39(49)29-18-25(3)17-26(4)19-29)61-31-10-11-32-34(20-31)59-22-33(40(32)53)27-6-8-30(51)9-7-27/h6-12,14-15,17-22,24,35-36,38,41-42,45,47-48,51-52,54,58H,5,13,16,23H2,1-4H3,(H,55,56)/t35-,36-,38+,41-,42+,45-,46+/m0/s1. The van der Waals surface area contributed by atoms with Gasteiger partial charge in [0.2, 0.25) is 18.4 Å². The first kappa shape index (κ1) is 44.6. The van der Waals surface area contributed by atoms with Crippen LogP contribution in [0.5, 0.6) is 11.5 Å². The average Bonchev–Trinajstić information content (AvgIpc) is 3.83. The Bertz CT molecular complexity index is 2650. The third-order valence-corrected chi connectivity index (χ3v) is 10.9. The van der Waals surface area contributed by atoms with Gasteiger partial charge in [-0.2, -0.15) is 4.73 Å². The summed E-state index contributed by atoms with van der Waals surface area (Å²) in [7, 11) is 0. The first-order valence-corrected chi connectivity index (χ1v) is 20.3. The number of aliphatic hydroxyl groups excluding tert-OH is 2. The van der Waals surface area contributed by atoms with Crippen LogP contribution in [0.3, 0.4) is 0 Å². The van der Waals surface area contributed by atoms with Crippen molar-refractivity contribution in [3.05, 3.63) is 107 Å². The Morgan fingerprint density at radius 1 is 1.03 bits per heavy atom. The molecule has 4 heterocycles. The smallest absolute Gasteiger partial charge is 0.334 e. The number of carboxylic acid groups (broad SMARTS) is 1. The Morgan fingerprint density at radius 3 is 2.44 bits per heavy atom. The molecule has 7 N–H and O–H groups in total. The fourth-order valence-electron chi connectivity index (χ4n) is 7.92. The normalized spacial score (nSPS) is 21.0. The number of ether oxygens (including phenoxy) is 3. The third kappa shape index (κ3) is 9.19. The van der Waals surface area contributed by atoms with Crippen LogP contribution in [0.4, 0.5) is 0 Å². The lowest BCUT2D eigenvalue weighted by Gasteiger charge is -2.51. The van der Waals surface area contributed by atoms with Crippen LogP contribution in [0.25, 0.3) is 44.3 Å². The molecule has 0 bridgehead atoms. The zero-order valence-electron chi connectivity index (χ0n) is 34.9. The Labute approximate surface area is 360 Å². The highest BCUT2D eigenvalue weighted by Crippen LogP contribution is 2.39. The molecule has 332 valence electrons. The molecule has 1 saturated heterocycles. The Morgan fingerprint density at radius 2 is 1.76 bits per heavy atom. The number of hydrogen-bond donors (Lipinski definition) is 7. The molecule has 0 saturated carbocycles. The molecular weight excluding hydrogens is 819 g/mol. The Kier molecular flexibility index (Phi) is 13.1. The average molecular weight is 868 g/mol. The van der Waals surface area contributed by atoms with Crippen LogP contribution in [0.15, 0.2) is 94.6 Å². The quantitative estimate of drug-likeness (QED) is 0.0296. The maximum absolute atomic E-state index is 13.6. The summed E-state index contributed by atoms with van der Waals surface area (Å²) < 4.78 is 25.4. The van der Waals surface area contributed by atoms with E-state index in [1.165, 1.54) is 41.3 Å². The molecule has 1 aliphatic rings. The number of H-pyrrole nitrogens is 1. The van der Waals surface area contributed by atoms with Gasteiger partial charge in [0.25, 0.3) is 0 Å². The zero-order chi connectivity index (χ0) is 45.2. The minimum atomic E-state index is -2.64. The van der Waals surface area contributed by atoms with E-state index in [2.05, 4.69) is 10.3 Å². The van der Waals surface area contributed by atoms with Crippen molar-refractivity contribution in [3.8, 4) is 33.9 Å². The number of nitrogens with zero attached hydrogens (tertiary/aromatic N) is 1. The van der Waals surface area contributed by atoms with Gasteiger partial charge in [-0.1, -0.05) is 43.2 Å². The Balaban J connectivity index is 1.31. The highest BCUT2D eigenvalue weighted by atomic mass is 16.8. The summed E-state index contributed by atoms with van der Waals surface area (Å²) in [5.74, 6) is -3.03. The Hall–Kier alpha value is -6.50. The van der Waals surface area contributed by atoms with Crippen molar-refractivity contribution in [3.63, 3.8) is 0 Å². The number of benzene rings is 3. The molecule has 0 unspecified atom stereocenters. The van der Waals surface area contributed by atoms with E-state index < -0.39 is 60.9 Å². The van der Waals surface area contributed by atoms with E-state index >= 15 is 0 Å². The van der Waals surface area contributed by atoms with Crippen LogP contribution in [0.1, 0.15) is 37.8 Å². The van der Waals surface area contributed by atoms with Crippen molar-refractivity contribution < 1.29 is 63.4 Å². The monoisotopic (exact) mass is 867 g/mol. The number of phenols is 1. The molecule has 0 amide bonds. The van der Waals surface area contributed by atoms with Gasteiger partial charge in [-0.3, -0.25) is 10.1 Å². The van der Waals surface area contributed by atoms with Gasteiger partial charge in [-0.25, -0.2) is 9.59 Å². The number of aromatic amines is 1. The number of nitrogens with one attached hydrogen (secondary N) is 2. The molecule has 3 aromatic heterocycles. The second-order valence-electron chi connectivity index (χ2n) is 16.1. The van der Waals surface area contributed by atoms with Crippen LogP contribution in [-0.4, -0.2) is 109 Å². The first-order valence-electron chi connectivity index (χ1n) is 20.3. The summed E-state index contributed by atoms with van der Waals surface area (Å²) in [5.41, 5.74) is 1.70. The number of phenolic OH excluding ortho intramolecular Hbond substituents is 1. The lowest BCUT2D eigenvalue weighted by molar-refractivity contribution is -0.341. The van der Waals surface area contributed by atoms with Gasteiger partial charge in [0.05, 0.1) is 28.8 Å². The number of aryl methyl sites for hydroxylation is 2. The number of esters is 1. The fraction of sp³-hybridized carbons (Fsp3) is 0.348. The fourth-order valence-corrected chi connectivity index (χ4v) is 7.92. The van der Waals surface area contributed by atoms with E-state index in [4.69, 9.17) is 23.5 Å². The minimum absolute atomic E-state index is 0.0258. The molecule has 17 heteroatoms. The van der Waals surface area contributed by atoms with Crippen molar-refractivity contribution >= 4 is 40.1 Å². The van der Waals surface area contributed by atoms with Crippen LogP contribution in [0, 0.1) is 19.8 Å². The van der Waals surface area contributed by atoms with Crippen molar-refractivity contribution in [2.24, 2.45) is 5.92 Å². The molecular formula is C46H49N3O14. The number of carbonyl (C=O) groups is 3. The topological polar surface area (TPSA) is 252 Å². The number of carbonyl (C=O) groups excluding carboxylic acids is 2. The van der Waals surface area contributed by atoms with E-state index in [0.29, 0.717) is 23.1 Å². The number of aldehydes is 1. The van der Waals surface area contributed by atoms with Crippen molar-refractivity contribution in [2.75, 3.05) is 13.2 Å². The number of rotatable bonds is 17. The minimum Gasteiger partial charge on any atom is -0.508 e. The van der Waals surface area contributed by atoms with Gasteiger partial charge in [-0.15, -0.1) is 0 Å². The molecule has 0 radical (unpaired) electrons. The van der Waals surface area contributed by atoms with Gasteiger partial charge in [0.1, 0.15) is 54.1 Å². The second kappa shape index (κ2) is 18.5. The number of fused-ring (bicyclic) bond motifs is 2. The van der Waals surface area contributed by atoms with E-state index in [0.717, 1.165) is 22.1 Å². The SMILES string of the molecule is Cc1cc(C)cc(-c2c3[nH]ccc3cn2O[C@@H]2[C@@H](Oc3ccc4c(=O)c(-c5ccc(O)cc5)coc4c3)O[C@@H](COC(=O)[C@H](NCCC=O)C(=O)O)[C@H](O)[C@]2(O)[C@@H](O)CC(C)C)c1. The number of hydrogen-bond acceptors (Lipinski definition) is 14. The number of aromatic nitrogens is 2. The van der Waals surface area contributed by atoms with Crippen molar-refractivity contribution in [1.82, 2.24) is 15.0 Å². The lowest BCUT2D eigenvalue weighted by atomic mass is 9.77. The first-order chi connectivity index (χ1) is 30.1. The summed E-state index contributed by atoms with van der Waals surface area (Å²) >= 11 is 0. The molecule has 7 rings (SSSR count). The summed E-state index contributed by atoms with van der Waals surface area (Å²) in [5, 5.41) is 59.7. The summed E-state index contributed by atoms with van der Waals surface area (Å²) in [6.07, 6.45) is -3.82. The van der Waals surface area contributed by atoms with Gasteiger partial charge < -0.3 is 58.8 Å². The number of aromatic hydroxyl groups is 1. The third-order valence-electron chi connectivity index (χ3n) is 10.9. The van der Waals surface area contributed by atoms with Crippen LogP contribution < -0.4 is 20.3 Å². The summed E-state index contributed by atoms with van der Waals surface area (Å²) in [6, 6.07) is 16.2. The summed E-state index contributed by atoms with van der Waals surface area (Å²) in [4.78, 5) is 59.4. The number of aliphatic carboxylic acids is 1. The molecule has 7 atom stereocenters. The highest BCUT2D eigenvalue weighted by Gasteiger charge is 2.62. The van der Waals surface area contributed by atoms with Gasteiger partial charge in [-0.05, 0) is 74.2 Å². The zero-order valence-corrected chi connectivity index (χ0v) is 34.9. The van der Waals surface area contributed by atoms with Gasteiger partial charge in [0.15, 0.2) is 11.0 Å². The molecule has 1 aliphatic heterocycles. The van der Waals surface area contributed by atoms with E-state index in [1.54, 1.807) is 38.4 Å². The predicted octanol–water partition coefficient (Wildman–Crippen LogP) is 4.01. The molecule has 1 fully saturated rings. The predicted molar refractivity (Wildman–Crippen MR) is 228 cm³/mol. The largest absolute Gasteiger partial charge is 0.508 e. The molecule has 63 heavy (non-hydrogen) atoms. The van der Waals surface area contributed by atoms with Crippen LogP contribution >= 0.6 is 0 Å². The maximum atomic E-state index is 13.6. The molecule has 6 aromatic rings. The second-order valence-corrected chi connectivity index (χ2v) is 16.1. The lowest BCUT2D eigenvalue weighted by Crippen LogP contribution is -2.75. The maximum Gasteiger partial charge on any atom is 0.334 e. The number of carboxylic acids is 1. The van der Waals surface area contributed by atoms with E-state index in [-0.39, 0.29) is 58.8 Å². The molecule has 17 nitrogen and oxygen atoms in total.